The van der Waals surface area contributed by atoms with Crippen molar-refractivity contribution in [3.63, 3.8) is 0 Å². The fourth-order valence-corrected chi connectivity index (χ4v) is 2.30. The number of pyridine rings is 1. The highest BCUT2D eigenvalue weighted by atomic mass is 32.1. The minimum atomic E-state index is -4.49. The molecule has 0 saturated heterocycles. The molecule has 2 aromatic heterocycles. The molecule has 0 aliphatic carbocycles. The first-order valence-corrected chi connectivity index (χ1v) is 6.59. The van der Waals surface area contributed by atoms with Gasteiger partial charge in [0.25, 0.3) is 0 Å². The molecule has 8 heteroatoms. The molecule has 2 aromatic rings. The smallest absolute Gasteiger partial charge is 0.387 e. The third kappa shape index (κ3) is 3.61. The summed E-state index contributed by atoms with van der Waals surface area (Å²) in [6.45, 7) is 0.0461. The van der Waals surface area contributed by atoms with Crippen LogP contribution in [0.25, 0.3) is 0 Å². The lowest BCUT2D eigenvalue weighted by atomic mass is 10.2. The molecule has 0 aliphatic rings. The van der Waals surface area contributed by atoms with Gasteiger partial charge in [-0.1, -0.05) is 0 Å². The second kappa shape index (κ2) is 5.68. The number of hydrogen-bond donors (Lipinski definition) is 3. The van der Waals surface area contributed by atoms with Crippen LogP contribution in [0.1, 0.15) is 17.2 Å². The van der Waals surface area contributed by atoms with Gasteiger partial charge in [0.05, 0.1) is 11.7 Å². The van der Waals surface area contributed by atoms with Crippen LogP contribution in [0.5, 0.6) is 0 Å². The van der Waals surface area contributed by atoms with Crippen molar-refractivity contribution in [2.45, 2.75) is 12.3 Å². The third-order valence-corrected chi connectivity index (χ3v) is 3.28. The van der Waals surface area contributed by atoms with Crippen LogP contribution in [0.15, 0.2) is 29.0 Å². The van der Waals surface area contributed by atoms with E-state index in [1.807, 2.05) is 0 Å². The Morgan fingerprint density at radius 3 is 2.75 bits per heavy atom. The maximum absolute atomic E-state index is 12.6. The molecule has 0 bridgehead atoms. The summed E-state index contributed by atoms with van der Waals surface area (Å²) in [5.41, 5.74) is 5.16. The SMILES string of the molecule is Nc1cc(C(F)(F)F)cc(NCC(O)c2ccsc2)n1. The van der Waals surface area contributed by atoms with Gasteiger partial charge in [0, 0.05) is 6.54 Å². The van der Waals surface area contributed by atoms with Crippen LogP contribution in [0.4, 0.5) is 24.8 Å². The lowest BCUT2D eigenvalue weighted by molar-refractivity contribution is -0.137. The predicted molar refractivity (Wildman–Crippen MR) is 71.4 cm³/mol. The largest absolute Gasteiger partial charge is 0.416 e. The van der Waals surface area contributed by atoms with Crippen LogP contribution < -0.4 is 11.1 Å². The van der Waals surface area contributed by atoms with Crippen molar-refractivity contribution in [1.29, 1.82) is 0 Å². The number of anilines is 2. The lowest BCUT2D eigenvalue weighted by Crippen LogP contribution is -2.14. The first kappa shape index (κ1) is 14.6. The zero-order valence-electron chi connectivity index (χ0n) is 10.2. The Bertz CT molecular complexity index is 572. The molecule has 0 aromatic carbocycles. The Morgan fingerprint density at radius 1 is 1.40 bits per heavy atom. The van der Waals surface area contributed by atoms with Crippen molar-refractivity contribution < 1.29 is 18.3 Å². The fraction of sp³-hybridized carbons (Fsp3) is 0.250. The van der Waals surface area contributed by atoms with Gasteiger partial charge in [-0.25, -0.2) is 4.98 Å². The number of thiophene rings is 1. The number of nitrogen functional groups attached to an aromatic ring is 1. The van der Waals surface area contributed by atoms with Crippen LogP contribution in [0, 0.1) is 0 Å². The van der Waals surface area contributed by atoms with Crippen LogP contribution in [0.2, 0.25) is 0 Å². The topological polar surface area (TPSA) is 71.2 Å². The highest BCUT2D eigenvalue weighted by Gasteiger charge is 2.31. The maximum atomic E-state index is 12.6. The van der Waals surface area contributed by atoms with Gasteiger partial charge in [0.15, 0.2) is 0 Å². The number of rotatable bonds is 4. The normalized spacial score (nSPS) is 13.2. The Hall–Kier alpha value is -1.80. The summed E-state index contributed by atoms with van der Waals surface area (Å²) in [6.07, 6.45) is -5.31. The average Bonchev–Trinajstić information content (AvgIpc) is 2.88. The summed E-state index contributed by atoms with van der Waals surface area (Å²) in [7, 11) is 0. The molecule has 0 fully saturated rings. The standard InChI is InChI=1S/C12H12F3N3OS/c13-12(14,15)8-3-10(16)18-11(4-8)17-5-9(19)7-1-2-20-6-7/h1-4,6,9,19H,5H2,(H3,16,17,18). The molecule has 0 radical (unpaired) electrons. The second-order valence-corrected chi connectivity index (χ2v) is 4.90. The van der Waals surface area contributed by atoms with E-state index in [-0.39, 0.29) is 18.2 Å². The monoisotopic (exact) mass is 303 g/mol. The highest BCUT2D eigenvalue weighted by Crippen LogP contribution is 2.31. The predicted octanol–water partition coefficient (Wildman–Crippen LogP) is 2.89. The van der Waals surface area contributed by atoms with Gasteiger partial charge >= 0.3 is 6.18 Å². The number of nitrogens with one attached hydrogen (secondary N) is 1. The van der Waals surface area contributed by atoms with E-state index in [0.29, 0.717) is 5.56 Å². The fourth-order valence-electron chi connectivity index (χ4n) is 1.59. The first-order chi connectivity index (χ1) is 9.36. The first-order valence-electron chi connectivity index (χ1n) is 5.65. The summed E-state index contributed by atoms with van der Waals surface area (Å²) in [5, 5.41) is 16.1. The Morgan fingerprint density at radius 2 is 2.15 bits per heavy atom. The molecule has 0 spiro atoms. The maximum Gasteiger partial charge on any atom is 0.416 e. The van der Waals surface area contributed by atoms with Gasteiger partial charge < -0.3 is 16.2 Å². The van der Waals surface area contributed by atoms with Gasteiger partial charge in [-0.2, -0.15) is 24.5 Å². The number of nitrogens with zero attached hydrogens (tertiary/aromatic N) is 1. The van der Waals surface area contributed by atoms with Crippen molar-refractivity contribution in [2.75, 3.05) is 17.6 Å². The van der Waals surface area contributed by atoms with Crippen LogP contribution in [-0.2, 0) is 6.18 Å². The molecule has 1 atom stereocenters. The van der Waals surface area contributed by atoms with Gasteiger partial charge in [-0.3, -0.25) is 0 Å². The molecule has 0 saturated carbocycles. The number of aliphatic hydroxyl groups is 1. The lowest BCUT2D eigenvalue weighted by Gasteiger charge is -2.13. The van der Waals surface area contributed by atoms with Crippen molar-refractivity contribution >= 4 is 23.0 Å². The molecule has 1 unspecified atom stereocenters. The molecule has 0 amide bonds. The molecule has 108 valence electrons. The van der Waals surface area contributed by atoms with Crippen molar-refractivity contribution in [3.8, 4) is 0 Å². The van der Waals surface area contributed by atoms with Gasteiger partial charge in [0.2, 0.25) is 0 Å². The third-order valence-electron chi connectivity index (χ3n) is 2.58. The van der Waals surface area contributed by atoms with Crippen LogP contribution in [-0.4, -0.2) is 16.6 Å². The molecule has 20 heavy (non-hydrogen) atoms. The van der Waals surface area contributed by atoms with Gasteiger partial charge in [-0.15, -0.1) is 0 Å². The zero-order valence-corrected chi connectivity index (χ0v) is 11.0. The Kier molecular flexibility index (Phi) is 4.15. The number of hydrogen-bond acceptors (Lipinski definition) is 5. The summed E-state index contributed by atoms with van der Waals surface area (Å²) < 4.78 is 37.8. The van der Waals surface area contributed by atoms with E-state index in [2.05, 4.69) is 10.3 Å². The van der Waals surface area contributed by atoms with E-state index >= 15 is 0 Å². The molecule has 2 heterocycles. The van der Waals surface area contributed by atoms with Crippen molar-refractivity contribution in [1.82, 2.24) is 4.98 Å². The summed E-state index contributed by atoms with van der Waals surface area (Å²) >= 11 is 1.43. The van der Waals surface area contributed by atoms with Crippen LogP contribution in [0.3, 0.4) is 0 Å². The molecule has 4 N–H and O–H groups in total. The van der Waals surface area contributed by atoms with E-state index in [1.165, 1.54) is 11.3 Å². The highest BCUT2D eigenvalue weighted by molar-refractivity contribution is 7.07. The molecular weight excluding hydrogens is 291 g/mol. The van der Waals surface area contributed by atoms with Gasteiger partial charge in [-0.05, 0) is 34.5 Å². The zero-order chi connectivity index (χ0) is 14.8. The second-order valence-electron chi connectivity index (χ2n) is 4.12. The van der Waals surface area contributed by atoms with E-state index in [9.17, 15) is 18.3 Å². The number of nitrogens with two attached hydrogens (primary N) is 1. The van der Waals surface area contributed by atoms with E-state index in [0.717, 1.165) is 12.1 Å². The van der Waals surface area contributed by atoms with Crippen LogP contribution >= 0.6 is 11.3 Å². The number of aromatic nitrogens is 1. The number of aliphatic hydroxyl groups excluding tert-OH is 1. The molecular formula is C12H12F3N3OS. The Labute approximate surface area is 117 Å². The van der Waals surface area contributed by atoms with E-state index < -0.39 is 17.8 Å². The average molecular weight is 303 g/mol. The molecule has 0 aliphatic heterocycles. The minimum absolute atomic E-state index is 0.0217. The molecule has 4 nitrogen and oxygen atoms in total. The van der Waals surface area contributed by atoms with E-state index in [1.54, 1.807) is 16.8 Å². The summed E-state index contributed by atoms with van der Waals surface area (Å²) in [4.78, 5) is 3.76. The number of halogens is 3. The summed E-state index contributed by atoms with van der Waals surface area (Å²) in [5.74, 6) is -0.251. The number of alkyl halides is 3. The van der Waals surface area contributed by atoms with Crippen molar-refractivity contribution in [2.24, 2.45) is 0 Å². The van der Waals surface area contributed by atoms with E-state index in [4.69, 9.17) is 5.73 Å². The van der Waals surface area contributed by atoms with Crippen molar-refractivity contribution in [3.05, 3.63) is 40.1 Å². The Balaban J connectivity index is 2.08. The quantitative estimate of drug-likeness (QED) is 0.812. The minimum Gasteiger partial charge on any atom is -0.387 e. The molecule has 2 rings (SSSR count). The van der Waals surface area contributed by atoms with Gasteiger partial charge in [0.1, 0.15) is 11.6 Å². The summed E-state index contributed by atoms with van der Waals surface area (Å²) in [6, 6.07) is 3.36.